The Labute approximate surface area is 126 Å². The molecule has 2 heterocycles. The molecule has 0 spiro atoms. The second-order valence-corrected chi connectivity index (χ2v) is 7.54. The summed E-state index contributed by atoms with van der Waals surface area (Å²) >= 11 is 5.88. The number of nitrogens with two attached hydrogens (primary N) is 1. The van der Waals surface area contributed by atoms with Gasteiger partial charge in [0.25, 0.3) is 0 Å². The molecule has 2 aromatic rings. The van der Waals surface area contributed by atoms with Crippen molar-refractivity contribution >= 4 is 38.6 Å². The summed E-state index contributed by atoms with van der Waals surface area (Å²) in [5.74, 6) is 0.844. The average molecular weight is 330 g/mol. The Morgan fingerprint density at radius 1 is 1.50 bits per heavy atom. The molecule has 0 saturated carbocycles. The lowest BCUT2D eigenvalue weighted by Gasteiger charge is -2.03. The quantitative estimate of drug-likeness (QED) is 0.520. The molecule has 0 aliphatic rings. The van der Waals surface area contributed by atoms with Crippen LogP contribution in [0.25, 0.3) is 0 Å². The van der Waals surface area contributed by atoms with E-state index in [9.17, 15) is 8.42 Å². The number of rotatable bonds is 7. The zero-order valence-electron chi connectivity index (χ0n) is 10.5. The van der Waals surface area contributed by atoms with Crippen molar-refractivity contribution in [3.63, 3.8) is 0 Å². The van der Waals surface area contributed by atoms with Crippen LogP contribution in [0.15, 0.2) is 28.7 Å². The van der Waals surface area contributed by atoms with E-state index in [2.05, 4.69) is 14.7 Å². The molecule has 2 aromatic heterocycles. The van der Waals surface area contributed by atoms with Crippen LogP contribution in [0.5, 0.6) is 0 Å². The van der Waals surface area contributed by atoms with Gasteiger partial charge in [0.15, 0.2) is 0 Å². The van der Waals surface area contributed by atoms with E-state index in [1.807, 2.05) is 0 Å². The summed E-state index contributed by atoms with van der Waals surface area (Å²) in [5.41, 5.74) is 5.46. The van der Waals surface area contributed by atoms with Gasteiger partial charge >= 0.3 is 0 Å². The molecule has 108 valence electrons. The maximum Gasteiger partial charge on any atom is 0.250 e. The fourth-order valence-corrected chi connectivity index (χ4v) is 4.04. The number of aromatic amines is 1. The number of thiophene rings is 1. The zero-order chi connectivity index (χ0) is 14.6. The first-order chi connectivity index (χ1) is 9.49. The van der Waals surface area contributed by atoms with Gasteiger partial charge in [-0.3, -0.25) is 0 Å². The van der Waals surface area contributed by atoms with E-state index in [1.54, 1.807) is 18.5 Å². The Kier molecular flexibility index (Phi) is 4.86. The van der Waals surface area contributed by atoms with Crippen LogP contribution in [0.1, 0.15) is 17.1 Å². The number of hydrogen-bond acceptors (Lipinski definition) is 5. The van der Waals surface area contributed by atoms with E-state index in [1.165, 1.54) is 6.07 Å². The molecular formula is C11H14N4O2S3. The standard InChI is InChI=1S/C11H14N4O2S3/c12-11(18)8-3-4-10(19-8)20(16,17)15-5-1-2-9-13-6-7-14-9/h3-4,6-7,15H,1-2,5H2,(H2,12,18)(H,13,14). The van der Waals surface area contributed by atoms with Gasteiger partial charge in [0.05, 0.1) is 4.88 Å². The lowest BCUT2D eigenvalue weighted by Crippen LogP contribution is -2.24. The van der Waals surface area contributed by atoms with Gasteiger partial charge in [0, 0.05) is 25.4 Å². The molecular weight excluding hydrogens is 316 g/mol. The van der Waals surface area contributed by atoms with Crippen molar-refractivity contribution in [2.75, 3.05) is 6.54 Å². The van der Waals surface area contributed by atoms with Gasteiger partial charge in [0.1, 0.15) is 15.0 Å². The number of H-pyrrole nitrogens is 1. The van der Waals surface area contributed by atoms with Crippen LogP contribution in [-0.4, -0.2) is 29.9 Å². The fourth-order valence-electron chi connectivity index (χ4n) is 1.57. The normalized spacial score (nSPS) is 11.6. The summed E-state index contributed by atoms with van der Waals surface area (Å²) in [4.78, 5) is 7.84. The van der Waals surface area contributed by atoms with Crippen LogP contribution in [-0.2, 0) is 16.4 Å². The smallest absolute Gasteiger partial charge is 0.250 e. The molecule has 0 aliphatic heterocycles. The minimum absolute atomic E-state index is 0.203. The van der Waals surface area contributed by atoms with E-state index < -0.39 is 10.0 Å². The van der Waals surface area contributed by atoms with Gasteiger partial charge in [-0.2, -0.15) is 0 Å². The monoisotopic (exact) mass is 330 g/mol. The van der Waals surface area contributed by atoms with Gasteiger partial charge in [0.2, 0.25) is 10.0 Å². The van der Waals surface area contributed by atoms with Gasteiger partial charge < -0.3 is 10.7 Å². The highest BCUT2D eigenvalue weighted by molar-refractivity contribution is 7.91. The third kappa shape index (κ3) is 3.85. The lowest BCUT2D eigenvalue weighted by atomic mass is 10.3. The average Bonchev–Trinajstić information content (AvgIpc) is 3.05. The first-order valence-corrected chi connectivity index (χ1v) is 8.57. The van der Waals surface area contributed by atoms with Crippen molar-refractivity contribution < 1.29 is 8.42 Å². The Bertz CT molecular complexity index is 676. The molecule has 0 saturated heterocycles. The van der Waals surface area contributed by atoms with Gasteiger partial charge in [-0.05, 0) is 18.6 Å². The summed E-state index contributed by atoms with van der Waals surface area (Å²) in [7, 11) is -3.49. The molecule has 0 aromatic carbocycles. The number of hydrogen-bond donors (Lipinski definition) is 3. The molecule has 6 nitrogen and oxygen atoms in total. The summed E-state index contributed by atoms with van der Waals surface area (Å²) in [6.45, 7) is 0.351. The second-order valence-electron chi connectivity index (χ2n) is 4.02. The molecule has 2 rings (SSSR count). The van der Waals surface area contributed by atoms with E-state index in [0.717, 1.165) is 17.2 Å². The topological polar surface area (TPSA) is 101 Å². The van der Waals surface area contributed by atoms with Crippen LogP contribution in [0.3, 0.4) is 0 Å². The van der Waals surface area contributed by atoms with Crippen molar-refractivity contribution in [2.24, 2.45) is 5.73 Å². The minimum Gasteiger partial charge on any atom is -0.389 e. The SMILES string of the molecule is NC(=S)c1ccc(S(=O)(=O)NCCCc2ncc[nH]2)s1. The minimum atomic E-state index is -3.49. The molecule has 0 atom stereocenters. The van der Waals surface area contributed by atoms with Gasteiger partial charge in [-0.25, -0.2) is 18.1 Å². The van der Waals surface area contributed by atoms with Crippen LogP contribution < -0.4 is 10.5 Å². The number of nitrogens with one attached hydrogen (secondary N) is 2. The third-order valence-electron chi connectivity index (χ3n) is 2.53. The van der Waals surface area contributed by atoms with Crippen molar-refractivity contribution in [1.82, 2.24) is 14.7 Å². The van der Waals surface area contributed by atoms with Crippen LogP contribution >= 0.6 is 23.6 Å². The molecule has 0 unspecified atom stereocenters. The number of aryl methyl sites for hydroxylation is 1. The van der Waals surface area contributed by atoms with Gasteiger partial charge in [-0.15, -0.1) is 11.3 Å². The number of aromatic nitrogens is 2. The molecule has 20 heavy (non-hydrogen) atoms. The maximum absolute atomic E-state index is 12.0. The highest BCUT2D eigenvalue weighted by Gasteiger charge is 2.16. The summed E-state index contributed by atoms with van der Waals surface area (Å²) in [6.07, 6.45) is 4.77. The van der Waals surface area contributed by atoms with E-state index >= 15 is 0 Å². The maximum atomic E-state index is 12.0. The molecule has 0 fully saturated rings. The van der Waals surface area contributed by atoms with Crippen LogP contribution in [0.2, 0.25) is 0 Å². The fraction of sp³-hybridized carbons (Fsp3) is 0.273. The van der Waals surface area contributed by atoms with Crippen molar-refractivity contribution in [3.8, 4) is 0 Å². The Morgan fingerprint density at radius 3 is 2.90 bits per heavy atom. The molecule has 0 radical (unpaired) electrons. The zero-order valence-corrected chi connectivity index (χ0v) is 12.9. The predicted molar refractivity (Wildman–Crippen MR) is 82.3 cm³/mol. The molecule has 0 bridgehead atoms. The largest absolute Gasteiger partial charge is 0.389 e. The second kappa shape index (κ2) is 6.44. The van der Waals surface area contributed by atoms with Crippen LogP contribution in [0.4, 0.5) is 0 Å². The van der Waals surface area contributed by atoms with Crippen molar-refractivity contribution in [1.29, 1.82) is 0 Å². The molecule has 0 aliphatic carbocycles. The predicted octanol–water partition coefficient (Wildman–Crippen LogP) is 1.02. The number of imidazole rings is 1. The Balaban J connectivity index is 1.88. The van der Waals surface area contributed by atoms with E-state index in [-0.39, 0.29) is 9.20 Å². The van der Waals surface area contributed by atoms with E-state index in [4.69, 9.17) is 18.0 Å². The van der Waals surface area contributed by atoms with Crippen LogP contribution in [0, 0.1) is 0 Å². The highest BCUT2D eigenvalue weighted by atomic mass is 32.2. The highest BCUT2D eigenvalue weighted by Crippen LogP contribution is 2.21. The summed E-state index contributed by atoms with van der Waals surface area (Å²) in [6, 6.07) is 3.12. The molecule has 4 N–H and O–H groups in total. The first kappa shape index (κ1) is 15.1. The summed E-state index contributed by atoms with van der Waals surface area (Å²) in [5, 5.41) is 0. The number of sulfonamides is 1. The first-order valence-electron chi connectivity index (χ1n) is 5.86. The van der Waals surface area contributed by atoms with Crippen molar-refractivity contribution in [2.45, 2.75) is 17.1 Å². The van der Waals surface area contributed by atoms with Crippen molar-refractivity contribution in [3.05, 3.63) is 35.2 Å². The van der Waals surface area contributed by atoms with Gasteiger partial charge in [-0.1, -0.05) is 12.2 Å². The molecule has 0 amide bonds. The Morgan fingerprint density at radius 2 is 2.30 bits per heavy atom. The van der Waals surface area contributed by atoms with E-state index in [0.29, 0.717) is 24.3 Å². The third-order valence-corrected chi connectivity index (χ3v) is 5.95. The molecule has 9 heteroatoms. The number of thiocarbonyl (C=S) groups is 1. The lowest BCUT2D eigenvalue weighted by molar-refractivity contribution is 0.580. The Hall–Kier alpha value is -1.29. The summed E-state index contributed by atoms with van der Waals surface area (Å²) < 4.78 is 26.8. The number of nitrogens with zero attached hydrogens (tertiary/aromatic N) is 1.